The number of rotatable bonds is 7. The van der Waals surface area contributed by atoms with E-state index >= 15 is 0 Å². The fourth-order valence-corrected chi connectivity index (χ4v) is 1.98. The topological polar surface area (TPSA) is 67.2 Å². The van der Waals surface area contributed by atoms with E-state index in [2.05, 4.69) is 10.6 Å². The van der Waals surface area contributed by atoms with Crippen molar-refractivity contribution in [2.24, 2.45) is 5.73 Å². The maximum atomic E-state index is 11.7. The van der Waals surface area contributed by atoms with Gasteiger partial charge in [-0.05, 0) is 31.5 Å². The molecule has 1 aromatic rings. The third-order valence-corrected chi connectivity index (χ3v) is 3.39. The van der Waals surface area contributed by atoms with Gasteiger partial charge in [0.05, 0.1) is 0 Å². The summed E-state index contributed by atoms with van der Waals surface area (Å²) in [6, 6.07) is 5.48. The van der Waals surface area contributed by atoms with Gasteiger partial charge in [0, 0.05) is 35.3 Å². The molecule has 0 radical (unpaired) electrons. The van der Waals surface area contributed by atoms with Crippen molar-refractivity contribution in [2.75, 3.05) is 11.9 Å². The molecule has 0 aromatic heterocycles. The van der Waals surface area contributed by atoms with Crippen molar-refractivity contribution >= 4 is 40.4 Å². The number of amides is 1. The maximum absolute atomic E-state index is 11.7. The van der Waals surface area contributed by atoms with Crippen molar-refractivity contribution in [2.45, 2.75) is 32.7 Å². The number of nitrogens with one attached hydrogen (secondary N) is 2. The van der Waals surface area contributed by atoms with E-state index in [0.29, 0.717) is 23.6 Å². The van der Waals surface area contributed by atoms with Gasteiger partial charge >= 0.3 is 0 Å². The van der Waals surface area contributed by atoms with Crippen LogP contribution in [0.15, 0.2) is 18.2 Å². The predicted octanol–water partition coefficient (Wildman–Crippen LogP) is 2.69. The first kappa shape index (κ1) is 16.7. The van der Waals surface area contributed by atoms with Gasteiger partial charge in [-0.1, -0.05) is 30.7 Å². The average Bonchev–Trinajstić information content (AvgIpc) is 2.39. The highest BCUT2D eigenvalue weighted by Gasteiger charge is 2.08. The molecule has 0 aliphatic rings. The Labute approximate surface area is 130 Å². The third-order valence-electron chi connectivity index (χ3n) is 2.93. The molecule has 0 bridgehead atoms. The van der Waals surface area contributed by atoms with Crippen LogP contribution in [0.25, 0.3) is 0 Å². The van der Waals surface area contributed by atoms with E-state index in [0.717, 1.165) is 12.1 Å². The highest BCUT2D eigenvalue weighted by molar-refractivity contribution is 7.80. The Kier molecular flexibility index (Phi) is 6.75. The SMILES string of the molecule is CCC(C)NC(=O)CCNc1ccc(Cl)cc1C(N)=S. The number of carbonyl (C=O) groups excluding carboxylic acids is 1. The molecule has 1 unspecified atom stereocenters. The molecule has 20 heavy (non-hydrogen) atoms. The van der Waals surface area contributed by atoms with Crippen LogP contribution in [0.3, 0.4) is 0 Å². The molecule has 0 saturated carbocycles. The summed E-state index contributed by atoms with van der Waals surface area (Å²) in [6.45, 7) is 4.53. The summed E-state index contributed by atoms with van der Waals surface area (Å²) in [6.07, 6.45) is 1.31. The molecule has 0 spiro atoms. The number of halogens is 1. The van der Waals surface area contributed by atoms with Crippen molar-refractivity contribution in [3.8, 4) is 0 Å². The number of hydrogen-bond acceptors (Lipinski definition) is 3. The molecule has 0 aliphatic heterocycles. The molecule has 0 aliphatic carbocycles. The lowest BCUT2D eigenvalue weighted by atomic mass is 10.1. The Morgan fingerprint density at radius 2 is 2.20 bits per heavy atom. The predicted molar refractivity (Wildman–Crippen MR) is 88.3 cm³/mol. The van der Waals surface area contributed by atoms with Crippen LogP contribution >= 0.6 is 23.8 Å². The molecule has 4 N–H and O–H groups in total. The molecule has 0 fully saturated rings. The number of anilines is 1. The van der Waals surface area contributed by atoms with Crippen LogP contribution in [-0.4, -0.2) is 23.5 Å². The molecule has 0 heterocycles. The van der Waals surface area contributed by atoms with Crippen LogP contribution in [0.4, 0.5) is 5.69 Å². The molecular formula is C14H20ClN3OS. The molecule has 110 valence electrons. The Bertz CT molecular complexity index is 493. The summed E-state index contributed by atoms with van der Waals surface area (Å²) in [7, 11) is 0. The van der Waals surface area contributed by atoms with Crippen LogP contribution in [0.2, 0.25) is 5.02 Å². The molecule has 6 heteroatoms. The molecule has 4 nitrogen and oxygen atoms in total. The molecule has 1 aromatic carbocycles. The highest BCUT2D eigenvalue weighted by atomic mass is 35.5. The van der Waals surface area contributed by atoms with Crippen LogP contribution in [0.1, 0.15) is 32.3 Å². The van der Waals surface area contributed by atoms with Crippen LogP contribution in [0.5, 0.6) is 0 Å². The maximum Gasteiger partial charge on any atom is 0.221 e. The second-order valence-electron chi connectivity index (χ2n) is 4.61. The molecular weight excluding hydrogens is 294 g/mol. The monoisotopic (exact) mass is 313 g/mol. The van der Waals surface area contributed by atoms with E-state index in [1.165, 1.54) is 0 Å². The van der Waals surface area contributed by atoms with Gasteiger partial charge in [-0.3, -0.25) is 4.79 Å². The number of thiocarbonyl (C=S) groups is 1. The quantitative estimate of drug-likeness (QED) is 0.677. The third kappa shape index (κ3) is 5.35. The second-order valence-corrected chi connectivity index (χ2v) is 5.48. The summed E-state index contributed by atoms with van der Waals surface area (Å²) < 4.78 is 0. The lowest BCUT2D eigenvalue weighted by Gasteiger charge is -2.13. The number of benzene rings is 1. The second kappa shape index (κ2) is 8.07. The summed E-state index contributed by atoms with van der Waals surface area (Å²) in [5, 5.41) is 6.65. The summed E-state index contributed by atoms with van der Waals surface area (Å²) in [5.41, 5.74) is 7.13. The van der Waals surface area contributed by atoms with E-state index in [4.69, 9.17) is 29.6 Å². The first-order valence-electron chi connectivity index (χ1n) is 6.56. The lowest BCUT2D eigenvalue weighted by molar-refractivity contribution is -0.121. The van der Waals surface area contributed by atoms with Crippen LogP contribution in [-0.2, 0) is 4.79 Å². The zero-order valence-electron chi connectivity index (χ0n) is 11.7. The smallest absolute Gasteiger partial charge is 0.221 e. The zero-order chi connectivity index (χ0) is 15.1. The summed E-state index contributed by atoms with van der Waals surface area (Å²) in [4.78, 5) is 11.9. The van der Waals surface area contributed by atoms with Crippen molar-refractivity contribution in [3.63, 3.8) is 0 Å². The fourth-order valence-electron chi connectivity index (χ4n) is 1.63. The minimum Gasteiger partial charge on any atom is -0.389 e. The van der Waals surface area contributed by atoms with Crippen molar-refractivity contribution in [1.82, 2.24) is 5.32 Å². The first-order valence-corrected chi connectivity index (χ1v) is 7.35. The van der Waals surface area contributed by atoms with Gasteiger partial charge in [-0.25, -0.2) is 0 Å². The first-order chi connectivity index (χ1) is 9.43. The molecule has 1 atom stereocenters. The largest absolute Gasteiger partial charge is 0.389 e. The van der Waals surface area contributed by atoms with E-state index in [-0.39, 0.29) is 16.9 Å². The van der Waals surface area contributed by atoms with Crippen molar-refractivity contribution in [3.05, 3.63) is 28.8 Å². The normalized spacial score (nSPS) is 11.8. The van der Waals surface area contributed by atoms with Gasteiger partial charge in [0.2, 0.25) is 5.91 Å². The standard InChI is InChI=1S/C14H20ClN3OS/c1-3-9(2)18-13(19)6-7-17-12-5-4-10(15)8-11(12)14(16)20/h4-5,8-9,17H,3,6-7H2,1-2H3,(H2,16,20)(H,18,19). The van der Waals surface area contributed by atoms with Crippen LogP contribution < -0.4 is 16.4 Å². The Morgan fingerprint density at radius 1 is 1.50 bits per heavy atom. The zero-order valence-corrected chi connectivity index (χ0v) is 13.3. The van der Waals surface area contributed by atoms with Gasteiger partial charge in [0.1, 0.15) is 4.99 Å². The summed E-state index contributed by atoms with van der Waals surface area (Å²) in [5.74, 6) is 0.0256. The van der Waals surface area contributed by atoms with E-state index < -0.39 is 0 Å². The number of carbonyl (C=O) groups is 1. The van der Waals surface area contributed by atoms with Gasteiger partial charge in [-0.15, -0.1) is 0 Å². The molecule has 1 rings (SSSR count). The number of hydrogen-bond donors (Lipinski definition) is 3. The lowest BCUT2D eigenvalue weighted by Crippen LogP contribution is -2.33. The Balaban J connectivity index is 2.54. The summed E-state index contributed by atoms with van der Waals surface area (Å²) >= 11 is 10.9. The Hall–Kier alpha value is -1.33. The van der Waals surface area contributed by atoms with Crippen molar-refractivity contribution in [1.29, 1.82) is 0 Å². The average molecular weight is 314 g/mol. The van der Waals surface area contributed by atoms with Gasteiger partial charge < -0.3 is 16.4 Å². The van der Waals surface area contributed by atoms with Gasteiger partial charge in [0.25, 0.3) is 0 Å². The minimum atomic E-state index is 0.0256. The molecule has 1 amide bonds. The van der Waals surface area contributed by atoms with E-state index in [1.807, 2.05) is 19.9 Å². The van der Waals surface area contributed by atoms with E-state index in [1.54, 1.807) is 12.1 Å². The van der Waals surface area contributed by atoms with Crippen LogP contribution in [0, 0.1) is 0 Å². The fraction of sp³-hybridized carbons (Fsp3) is 0.429. The van der Waals surface area contributed by atoms with Gasteiger partial charge in [-0.2, -0.15) is 0 Å². The van der Waals surface area contributed by atoms with E-state index in [9.17, 15) is 4.79 Å². The highest BCUT2D eigenvalue weighted by Crippen LogP contribution is 2.20. The van der Waals surface area contributed by atoms with Crippen molar-refractivity contribution < 1.29 is 4.79 Å². The minimum absolute atomic E-state index is 0.0256. The Morgan fingerprint density at radius 3 is 2.80 bits per heavy atom. The van der Waals surface area contributed by atoms with Gasteiger partial charge in [0.15, 0.2) is 0 Å². The number of nitrogens with two attached hydrogens (primary N) is 1. The molecule has 0 saturated heterocycles.